The number of carbonyl (C=O) groups is 2. The first-order valence-corrected chi connectivity index (χ1v) is 8.57. The van der Waals surface area contributed by atoms with Crippen molar-refractivity contribution in [2.45, 2.75) is 12.5 Å². The smallest absolute Gasteiger partial charge is 0.320 e. The molecule has 0 bridgehead atoms. The minimum Gasteiger partial charge on any atom is -0.480 e. The maximum absolute atomic E-state index is 12.4. The molecule has 3 aromatic carbocycles. The second-order valence-corrected chi connectivity index (χ2v) is 6.24. The third-order valence-electron chi connectivity index (χ3n) is 4.24. The number of amides is 1. The third kappa shape index (κ3) is 4.80. The van der Waals surface area contributed by atoms with E-state index in [-0.39, 0.29) is 12.3 Å². The second-order valence-electron chi connectivity index (χ2n) is 6.24. The maximum atomic E-state index is 12.4. The van der Waals surface area contributed by atoms with Crippen LogP contribution in [0.3, 0.4) is 0 Å². The van der Waals surface area contributed by atoms with Gasteiger partial charge in [0.2, 0.25) is 0 Å². The Kier molecular flexibility index (Phi) is 5.64. The number of carbonyl (C=O) groups excluding carboxylic acids is 1. The van der Waals surface area contributed by atoms with E-state index in [0.717, 1.165) is 16.7 Å². The number of benzene rings is 3. The summed E-state index contributed by atoms with van der Waals surface area (Å²) in [6.45, 7) is 0. The molecule has 3 rings (SSSR count). The summed E-state index contributed by atoms with van der Waals surface area (Å²) in [5, 5.41) is 11.7. The van der Waals surface area contributed by atoms with Crippen molar-refractivity contribution in [2.24, 2.45) is 5.73 Å². The summed E-state index contributed by atoms with van der Waals surface area (Å²) in [6.07, 6.45) is 0.241. The zero-order valence-corrected chi connectivity index (χ0v) is 14.6. The lowest BCUT2D eigenvalue weighted by Gasteiger charge is -2.09. The number of carboxylic acids is 1. The van der Waals surface area contributed by atoms with Crippen LogP contribution in [0.4, 0.5) is 5.69 Å². The molecule has 0 unspecified atom stereocenters. The fourth-order valence-corrected chi connectivity index (χ4v) is 2.71. The van der Waals surface area contributed by atoms with Crippen LogP contribution < -0.4 is 11.1 Å². The molecule has 3 aromatic rings. The molecule has 0 radical (unpaired) electrons. The largest absolute Gasteiger partial charge is 0.480 e. The van der Waals surface area contributed by atoms with Crippen LogP contribution in [0.1, 0.15) is 15.9 Å². The Morgan fingerprint density at radius 1 is 0.852 bits per heavy atom. The Morgan fingerprint density at radius 3 is 2.04 bits per heavy atom. The van der Waals surface area contributed by atoms with Crippen LogP contribution in [0, 0.1) is 0 Å². The molecule has 0 aromatic heterocycles. The monoisotopic (exact) mass is 360 g/mol. The van der Waals surface area contributed by atoms with Crippen LogP contribution in [0.2, 0.25) is 0 Å². The van der Waals surface area contributed by atoms with Crippen molar-refractivity contribution in [1.29, 1.82) is 0 Å². The van der Waals surface area contributed by atoms with Gasteiger partial charge in [0.25, 0.3) is 5.91 Å². The first-order valence-electron chi connectivity index (χ1n) is 8.57. The van der Waals surface area contributed by atoms with E-state index in [1.54, 1.807) is 36.4 Å². The topological polar surface area (TPSA) is 92.4 Å². The van der Waals surface area contributed by atoms with Gasteiger partial charge < -0.3 is 16.2 Å². The molecule has 0 heterocycles. The SMILES string of the molecule is N[C@@H](Cc1ccc(NC(=O)c2ccc(-c3ccccc3)cc2)cc1)C(=O)O. The molecule has 0 aliphatic carbocycles. The number of nitrogens with two attached hydrogens (primary N) is 1. The van der Waals surface area contributed by atoms with Crippen LogP contribution in [-0.2, 0) is 11.2 Å². The van der Waals surface area contributed by atoms with Crippen LogP contribution in [0.15, 0.2) is 78.9 Å². The number of aliphatic carboxylic acids is 1. The lowest BCUT2D eigenvalue weighted by atomic mass is 10.0. The van der Waals surface area contributed by atoms with Crippen LogP contribution >= 0.6 is 0 Å². The summed E-state index contributed by atoms with van der Waals surface area (Å²) < 4.78 is 0. The van der Waals surface area contributed by atoms with Crippen LogP contribution in [0.25, 0.3) is 11.1 Å². The van der Waals surface area contributed by atoms with Gasteiger partial charge in [0.05, 0.1) is 0 Å². The van der Waals surface area contributed by atoms with Crippen molar-refractivity contribution >= 4 is 17.6 Å². The van der Waals surface area contributed by atoms with Crippen molar-refractivity contribution in [3.63, 3.8) is 0 Å². The van der Waals surface area contributed by atoms with Gasteiger partial charge >= 0.3 is 5.97 Å². The number of carboxylic acid groups (broad SMARTS) is 1. The van der Waals surface area contributed by atoms with Gasteiger partial charge in [0.15, 0.2) is 0 Å². The van der Waals surface area contributed by atoms with Gasteiger partial charge in [-0.2, -0.15) is 0 Å². The van der Waals surface area contributed by atoms with Gasteiger partial charge in [0, 0.05) is 11.3 Å². The van der Waals surface area contributed by atoms with Gasteiger partial charge in [-0.25, -0.2) is 0 Å². The van der Waals surface area contributed by atoms with E-state index in [2.05, 4.69) is 5.32 Å². The Labute approximate surface area is 157 Å². The van der Waals surface area contributed by atoms with E-state index in [1.807, 2.05) is 42.5 Å². The fraction of sp³-hybridized carbons (Fsp3) is 0.0909. The van der Waals surface area contributed by atoms with Crippen molar-refractivity contribution in [3.05, 3.63) is 90.0 Å². The van der Waals surface area contributed by atoms with Gasteiger partial charge in [-0.15, -0.1) is 0 Å². The predicted octanol–water partition coefficient (Wildman–Crippen LogP) is 3.56. The quantitative estimate of drug-likeness (QED) is 0.627. The molecule has 0 aliphatic heterocycles. The molecule has 0 fully saturated rings. The van der Waals surface area contributed by atoms with Crippen molar-refractivity contribution < 1.29 is 14.7 Å². The molecule has 0 spiro atoms. The van der Waals surface area contributed by atoms with E-state index in [4.69, 9.17) is 10.8 Å². The molecule has 4 N–H and O–H groups in total. The second kappa shape index (κ2) is 8.29. The molecule has 0 saturated carbocycles. The maximum Gasteiger partial charge on any atom is 0.320 e. The van der Waals surface area contributed by atoms with Crippen molar-refractivity contribution in [2.75, 3.05) is 5.32 Å². The molecular weight excluding hydrogens is 340 g/mol. The number of rotatable bonds is 6. The Morgan fingerprint density at radius 2 is 1.44 bits per heavy atom. The van der Waals surface area contributed by atoms with Crippen molar-refractivity contribution in [1.82, 2.24) is 0 Å². The molecule has 0 aliphatic rings. The van der Waals surface area contributed by atoms with E-state index >= 15 is 0 Å². The van der Waals surface area contributed by atoms with Crippen LogP contribution in [0.5, 0.6) is 0 Å². The average molecular weight is 360 g/mol. The Hall–Kier alpha value is -3.44. The summed E-state index contributed by atoms with van der Waals surface area (Å²) in [6, 6.07) is 23.4. The van der Waals surface area contributed by atoms with Crippen molar-refractivity contribution in [3.8, 4) is 11.1 Å². The van der Waals surface area contributed by atoms with Crippen LogP contribution in [-0.4, -0.2) is 23.0 Å². The number of anilines is 1. The summed E-state index contributed by atoms with van der Waals surface area (Å²) in [7, 11) is 0. The summed E-state index contributed by atoms with van der Waals surface area (Å²) >= 11 is 0. The molecule has 1 amide bonds. The normalized spacial score (nSPS) is 11.6. The molecule has 136 valence electrons. The highest BCUT2D eigenvalue weighted by Gasteiger charge is 2.12. The van der Waals surface area contributed by atoms with Gasteiger partial charge in [-0.3, -0.25) is 9.59 Å². The first kappa shape index (κ1) is 18.4. The summed E-state index contributed by atoms with van der Waals surface area (Å²) in [5.41, 5.74) is 9.67. The molecule has 1 atom stereocenters. The lowest BCUT2D eigenvalue weighted by Crippen LogP contribution is -2.32. The van der Waals surface area contributed by atoms with Gasteiger partial charge in [-0.1, -0.05) is 54.6 Å². The number of hydrogen-bond acceptors (Lipinski definition) is 3. The zero-order chi connectivity index (χ0) is 19.2. The van der Waals surface area contributed by atoms with E-state index in [0.29, 0.717) is 11.3 Å². The highest BCUT2D eigenvalue weighted by molar-refractivity contribution is 6.04. The number of nitrogens with one attached hydrogen (secondary N) is 1. The lowest BCUT2D eigenvalue weighted by molar-refractivity contribution is -0.138. The average Bonchev–Trinajstić information content (AvgIpc) is 2.70. The highest BCUT2D eigenvalue weighted by atomic mass is 16.4. The predicted molar refractivity (Wildman–Crippen MR) is 106 cm³/mol. The van der Waals surface area contributed by atoms with E-state index in [1.165, 1.54) is 0 Å². The van der Waals surface area contributed by atoms with E-state index in [9.17, 15) is 9.59 Å². The fourth-order valence-electron chi connectivity index (χ4n) is 2.71. The highest BCUT2D eigenvalue weighted by Crippen LogP contribution is 2.20. The molecular formula is C22H20N2O3. The third-order valence-corrected chi connectivity index (χ3v) is 4.24. The Balaban J connectivity index is 1.64. The van der Waals surface area contributed by atoms with Gasteiger partial charge in [-0.05, 0) is 47.4 Å². The molecule has 5 nitrogen and oxygen atoms in total. The standard InChI is InChI=1S/C22H20N2O3/c23-20(22(26)27)14-15-6-12-19(13-7-15)24-21(25)18-10-8-17(9-11-18)16-4-2-1-3-5-16/h1-13,20H,14,23H2,(H,24,25)(H,26,27)/t20-/m0/s1. The molecule has 0 saturated heterocycles. The van der Waals surface area contributed by atoms with Gasteiger partial charge in [0.1, 0.15) is 6.04 Å². The van der Waals surface area contributed by atoms with E-state index < -0.39 is 12.0 Å². The minimum atomic E-state index is -1.04. The Bertz CT molecular complexity index is 920. The molecule has 5 heteroatoms. The first-order chi connectivity index (χ1) is 13.0. The summed E-state index contributed by atoms with van der Waals surface area (Å²) in [4.78, 5) is 23.2. The minimum absolute atomic E-state index is 0.204. The molecule has 27 heavy (non-hydrogen) atoms. The zero-order valence-electron chi connectivity index (χ0n) is 14.6. The number of hydrogen-bond donors (Lipinski definition) is 3. The summed E-state index contributed by atoms with van der Waals surface area (Å²) in [5.74, 6) is -1.24.